The van der Waals surface area contributed by atoms with Gasteiger partial charge in [-0.3, -0.25) is 4.90 Å². The highest BCUT2D eigenvalue weighted by Crippen LogP contribution is 2.41. The van der Waals surface area contributed by atoms with E-state index in [-0.39, 0.29) is 11.4 Å². The summed E-state index contributed by atoms with van der Waals surface area (Å²) in [6, 6.07) is 2.11. The highest BCUT2D eigenvalue weighted by molar-refractivity contribution is 5.74. The third-order valence-electron chi connectivity index (χ3n) is 5.56. The lowest BCUT2D eigenvalue weighted by Crippen LogP contribution is -2.47. The molecule has 126 valence electrons. The third-order valence-corrected chi connectivity index (χ3v) is 5.56. The van der Waals surface area contributed by atoms with Crippen molar-refractivity contribution < 1.29 is 13.9 Å². The predicted octanol–water partition coefficient (Wildman–Crippen LogP) is 1.53. The molecule has 2 atom stereocenters. The first kappa shape index (κ1) is 15.0. The van der Waals surface area contributed by atoms with Gasteiger partial charge in [-0.25, -0.2) is 4.79 Å². The summed E-state index contributed by atoms with van der Waals surface area (Å²) in [4.78, 5) is 16.7. The number of rotatable bonds is 4. The molecule has 0 unspecified atom stereocenters. The van der Waals surface area contributed by atoms with Crippen LogP contribution in [0.4, 0.5) is 4.79 Å². The first-order valence-corrected chi connectivity index (χ1v) is 8.59. The Kier molecular flexibility index (Phi) is 4.03. The van der Waals surface area contributed by atoms with Crippen molar-refractivity contribution in [2.75, 3.05) is 45.9 Å². The molecule has 4 heterocycles. The summed E-state index contributed by atoms with van der Waals surface area (Å²) in [5, 5.41) is 3.17. The molecule has 6 heteroatoms. The minimum absolute atomic E-state index is 0.0686. The number of urea groups is 1. The molecule has 23 heavy (non-hydrogen) atoms. The minimum Gasteiger partial charge on any atom is -0.472 e. The summed E-state index contributed by atoms with van der Waals surface area (Å²) in [6.07, 6.45) is 5.79. The Balaban J connectivity index is 1.36. The Labute approximate surface area is 136 Å². The van der Waals surface area contributed by atoms with Crippen LogP contribution >= 0.6 is 0 Å². The normalized spacial score (nSPS) is 30.8. The van der Waals surface area contributed by atoms with Crippen molar-refractivity contribution in [3.05, 3.63) is 24.2 Å². The van der Waals surface area contributed by atoms with E-state index >= 15 is 0 Å². The van der Waals surface area contributed by atoms with E-state index in [1.165, 1.54) is 5.56 Å². The average Bonchev–Trinajstić information content (AvgIpc) is 3.29. The Morgan fingerprint density at radius 2 is 2.26 bits per heavy atom. The van der Waals surface area contributed by atoms with Crippen LogP contribution in [0.2, 0.25) is 0 Å². The summed E-state index contributed by atoms with van der Waals surface area (Å²) in [7, 11) is 0. The zero-order valence-corrected chi connectivity index (χ0v) is 13.5. The van der Waals surface area contributed by atoms with Gasteiger partial charge < -0.3 is 19.4 Å². The van der Waals surface area contributed by atoms with E-state index in [2.05, 4.69) is 10.2 Å². The molecule has 0 spiro atoms. The summed E-state index contributed by atoms with van der Waals surface area (Å²) >= 11 is 0. The lowest BCUT2D eigenvalue weighted by molar-refractivity contribution is 0.125. The van der Waals surface area contributed by atoms with E-state index in [1.807, 2.05) is 17.2 Å². The second-order valence-corrected chi connectivity index (χ2v) is 7.23. The minimum atomic E-state index is 0.0686. The fourth-order valence-electron chi connectivity index (χ4n) is 4.24. The van der Waals surface area contributed by atoms with Crippen molar-refractivity contribution >= 4 is 6.03 Å². The summed E-state index contributed by atoms with van der Waals surface area (Å²) in [5.74, 6) is 0.508. The Hall–Kier alpha value is -1.53. The van der Waals surface area contributed by atoms with Gasteiger partial charge in [-0.15, -0.1) is 0 Å². The zero-order chi connectivity index (χ0) is 15.7. The maximum atomic E-state index is 12.3. The van der Waals surface area contributed by atoms with Gasteiger partial charge in [0.1, 0.15) is 0 Å². The lowest BCUT2D eigenvalue weighted by atomic mass is 9.81. The van der Waals surface area contributed by atoms with Crippen LogP contribution < -0.4 is 5.32 Å². The van der Waals surface area contributed by atoms with Gasteiger partial charge in [-0.05, 0) is 18.9 Å². The largest absolute Gasteiger partial charge is 0.472 e. The number of furan rings is 1. The van der Waals surface area contributed by atoms with E-state index in [4.69, 9.17) is 9.15 Å². The Morgan fingerprint density at radius 1 is 1.39 bits per heavy atom. The van der Waals surface area contributed by atoms with Crippen molar-refractivity contribution in [3.8, 4) is 0 Å². The molecule has 4 rings (SSSR count). The molecule has 6 nitrogen and oxygen atoms in total. The first-order valence-electron chi connectivity index (χ1n) is 8.59. The number of hydrogen-bond acceptors (Lipinski definition) is 4. The van der Waals surface area contributed by atoms with Crippen molar-refractivity contribution in [3.63, 3.8) is 0 Å². The van der Waals surface area contributed by atoms with E-state index < -0.39 is 0 Å². The first-order chi connectivity index (χ1) is 11.3. The quantitative estimate of drug-likeness (QED) is 0.914. The van der Waals surface area contributed by atoms with Crippen LogP contribution in [0.3, 0.4) is 0 Å². The molecular weight excluding hydrogens is 294 g/mol. The van der Waals surface area contributed by atoms with Crippen molar-refractivity contribution in [1.29, 1.82) is 0 Å². The van der Waals surface area contributed by atoms with Gasteiger partial charge in [0.05, 0.1) is 25.7 Å². The molecule has 1 aromatic rings. The molecule has 0 radical (unpaired) electrons. The van der Waals surface area contributed by atoms with Crippen molar-refractivity contribution in [1.82, 2.24) is 15.1 Å². The fraction of sp³-hybridized carbons (Fsp3) is 0.706. The maximum Gasteiger partial charge on any atom is 0.317 e. The average molecular weight is 319 g/mol. The fourth-order valence-corrected chi connectivity index (χ4v) is 4.24. The van der Waals surface area contributed by atoms with Crippen LogP contribution in [0.1, 0.15) is 18.4 Å². The van der Waals surface area contributed by atoms with Gasteiger partial charge >= 0.3 is 6.03 Å². The smallest absolute Gasteiger partial charge is 0.317 e. The Morgan fingerprint density at radius 3 is 3.04 bits per heavy atom. The lowest BCUT2D eigenvalue weighted by Gasteiger charge is -2.29. The van der Waals surface area contributed by atoms with Crippen molar-refractivity contribution in [2.24, 2.45) is 11.3 Å². The number of amides is 2. The predicted molar refractivity (Wildman–Crippen MR) is 84.9 cm³/mol. The number of ether oxygens (including phenoxy) is 1. The van der Waals surface area contributed by atoms with E-state index in [1.54, 1.807) is 6.26 Å². The summed E-state index contributed by atoms with van der Waals surface area (Å²) in [6.45, 7) is 6.98. The van der Waals surface area contributed by atoms with E-state index in [0.717, 1.165) is 65.3 Å². The molecular formula is C17H25N3O3. The standard InChI is InChI=1S/C17H25N3O3/c21-16(20-4-1-2-5-20)18-11-17-12-19(7-14-3-6-22-9-14)8-15(17)10-23-13-17/h3,6,9,15H,1-2,4-5,7-8,10-13H2,(H,18,21)/t15-,17+/m0/s1. The number of fused-ring (bicyclic) bond motifs is 1. The highest BCUT2D eigenvalue weighted by Gasteiger charge is 2.50. The van der Waals surface area contributed by atoms with Crippen LogP contribution in [-0.2, 0) is 11.3 Å². The van der Waals surface area contributed by atoms with Crippen LogP contribution in [0.5, 0.6) is 0 Å². The molecule has 3 saturated heterocycles. The second kappa shape index (κ2) is 6.17. The van der Waals surface area contributed by atoms with Crippen LogP contribution in [0, 0.1) is 11.3 Å². The monoisotopic (exact) mass is 319 g/mol. The highest BCUT2D eigenvalue weighted by atomic mass is 16.5. The second-order valence-electron chi connectivity index (χ2n) is 7.23. The molecule has 0 bridgehead atoms. The van der Waals surface area contributed by atoms with E-state index in [0.29, 0.717) is 5.92 Å². The van der Waals surface area contributed by atoms with E-state index in [9.17, 15) is 4.79 Å². The van der Waals surface area contributed by atoms with Crippen LogP contribution in [0.15, 0.2) is 23.0 Å². The van der Waals surface area contributed by atoms with Gasteiger partial charge in [0, 0.05) is 56.2 Å². The SMILES string of the molecule is O=C(NC[C@@]12COC[C@@H]1CN(Cc1ccoc1)C2)N1CCCC1. The molecule has 3 aliphatic rings. The third kappa shape index (κ3) is 2.97. The number of carbonyl (C=O) groups excluding carboxylic acids is 1. The van der Waals surface area contributed by atoms with Gasteiger partial charge in [-0.1, -0.05) is 0 Å². The summed E-state index contributed by atoms with van der Waals surface area (Å²) in [5.41, 5.74) is 1.28. The zero-order valence-electron chi connectivity index (χ0n) is 13.5. The Bertz CT molecular complexity index is 541. The maximum absolute atomic E-state index is 12.3. The van der Waals surface area contributed by atoms with Gasteiger partial charge in [-0.2, -0.15) is 0 Å². The summed E-state index contributed by atoms with van der Waals surface area (Å²) < 4.78 is 10.9. The molecule has 1 N–H and O–H groups in total. The molecule has 3 fully saturated rings. The number of nitrogens with zero attached hydrogens (tertiary/aromatic N) is 2. The molecule has 3 aliphatic heterocycles. The van der Waals surface area contributed by atoms with Crippen LogP contribution in [-0.4, -0.2) is 61.8 Å². The number of nitrogens with one attached hydrogen (secondary N) is 1. The van der Waals surface area contributed by atoms with Crippen LogP contribution in [0.25, 0.3) is 0 Å². The molecule has 2 amide bonds. The molecule has 0 aromatic carbocycles. The molecule has 1 aromatic heterocycles. The van der Waals surface area contributed by atoms with Gasteiger partial charge in [0.15, 0.2) is 0 Å². The van der Waals surface area contributed by atoms with Gasteiger partial charge in [0.2, 0.25) is 0 Å². The number of likely N-dealkylation sites (tertiary alicyclic amines) is 2. The topological polar surface area (TPSA) is 58.0 Å². The molecule has 0 saturated carbocycles. The molecule has 0 aliphatic carbocycles. The number of carbonyl (C=O) groups is 1. The number of hydrogen-bond donors (Lipinski definition) is 1. The van der Waals surface area contributed by atoms with Gasteiger partial charge in [0.25, 0.3) is 0 Å². The van der Waals surface area contributed by atoms with Crippen molar-refractivity contribution in [2.45, 2.75) is 19.4 Å².